The van der Waals surface area contributed by atoms with Crippen LogP contribution in [0.2, 0.25) is 0 Å². The smallest absolute Gasteiger partial charge is 0.326 e. The average Bonchev–Trinajstić information content (AvgIpc) is 2.22. The lowest BCUT2D eigenvalue weighted by Gasteiger charge is -2.12. The minimum absolute atomic E-state index is 0.225. The third-order valence-corrected chi connectivity index (χ3v) is 2.15. The molecule has 7 nitrogen and oxygen atoms in total. The number of carbonyl (C=O) groups is 3. The van der Waals surface area contributed by atoms with Crippen molar-refractivity contribution in [2.24, 2.45) is 11.5 Å². The van der Waals surface area contributed by atoms with Gasteiger partial charge >= 0.3 is 5.97 Å². The third-order valence-electron chi connectivity index (χ3n) is 2.15. The number of hydrogen-bond acceptors (Lipinski definition) is 4. The van der Waals surface area contributed by atoms with E-state index >= 15 is 0 Å². The molecule has 0 aliphatic heterocycles. The lowest BCUT2D eigenvalue weighted by atomic mass is 10.1. The monoisotopic (exact) mass is 245 g/mol. The molecule has 2 amide bonds. The Bertz CT molecular complexity index is 281. The van der Waals surface area contributed by atoms with Gasteiger partial charge in [0.15, 0.2) is 0 Å². The molecule has 0 fully saturated rings. The van der Waals surface area contributed by atoms with E-state index in [2.05, 4.69) is 5.32 Å². The Kier molecular flexibility index (Phi) is 7.70. The molecule has 0 saturated carbocycles. The Morgan fingerprint density at radius 3 is 2.29 bits per heavy atom. The number of carboxylic acid groups (broad SMARTS) is 1. The standard InChI is InChI=1S/C10H19N3O4/c11-5-3-1-2-4-9(15)13-7(10(16)17)6-8(12)14/h7H,1-6,11H2,(H2,12,14)(H,13,15)(H,16,17). The van der Waals surface area contributed by atoms with Gasteiger partial charge in [0.2, 0.25) is 11.8 Å². The van der Waals surface area contributed by atoms with Gasteiger partial charge < -0.3 is 21.9 Å². The summed E-state index contributed by atoms with van der Waals surface area (Å²) in [4.78, 5) is 32.6. The third kappa shape index (κ3) is 8.21. The predicted octanol–water partition coefficient (Wildman–Crippen LogP) is -1.05. The summed E-state index contributed by atoms with van der Waals surface area (Å²) in [5, 5.41) is 11.0. The van der Waals surface area contributed by atoms with Crippen LogP contribution in [0.5, 0.6) is 0 Å². The maximum Gasteiger partial charge on any atom is 0.326 e. The summed E-state index contributed by atoms with van der Waals surface area (Å²) in [6.07, 6.45) is 2.12. The van der Waals surface area contributed by atoms with Crippen LogP contribution in [0.15, 0.2) is 0 Å². The fourth-order valence-electron chi connectivity index (χ4n) is 1.27. The van der Waals surface area contributed by atoms with E-state index in [9.17, 15) is 14.4 Å². The highest BCUT2D eigenvalue weighted by atomic mass is 16.4. The van der Waals surface area contributed by atoms with E-state index in [1.165, 1.54) is 0 Å². The number of primary amides is 1. The van der Waals surface area contributed by atoms with Gasteiger partial charge in [-0.25, -0.2) is 4.79 Å². The molecule has 0 aromatic heterocycles. The molecule has 0 heterocycles. The van der Waals surface area contributed by atoms with Crippen LogP contribution in [0.25, 0.3) is 0 Å². The summed E-state index contributed by atoms with van der Waals surface area (Å²) < 4.78 is 0. The highest BCUT2D eigenvalue weighted by molar-refractivity contribution is 5.88. The molecule has 0 bridgehead atoms. The van der Waals surface area contributed by atoms with Gasteiger partial charge in [0.25, 0.3) is 0 Å². The molecule has 6 N–H and O–H groups in total. The predicted molar refractivity (Wildman–Crippen MR) is 60.9 cm³/mol. The maximum atomic E-state index is 11.3. The molecule has 17 heavy (non-hydrogen) atoms. The van der Waals surface area contributed by atoms with Gasteiger partial charge in [-0.05, 0) is 19.4 Å². The first-order chi connectivity index (χ1) is 7.97. The van der Waals surface area contributed by atoms with Crippen molar-refractivity contribution in [3.8, 4) is 0 Å². The topological polar surface area (TPSA) is 136 Å². The number of hydrogen-bond donors (Lipinski definition) is 4. The van der Waals surface area contributed by atoms with Crippen LogP contribution in [-0.2, 0) is 14.4 Å². The van der Waals surface area contributed by atoms with E-state index in [-0.39, 0.29) is 6.42 Å². The van der Waals surface area contributed by atoms with Crippen molar-refractivity contribution in [2.75, 3.05) is 6.54 Å². The summed E-state index contributed by atoms with van der Waals surface area (Å²) in [6.45, 7) is 0.570. The second-order valence-corrected chi connectivity index (χ2v) is 3.73. The SMILES string of the molecule is NCCCCCC(=O)NC(CC(N)=O)C(=O)O. The molecule has 0 spiro atoms. The Morgan fingerprint density at radius 1 is 1.18 bits per heavy atom. The zero-order valence-electron chi connectivity index (χ0n) is 9.65. The highest BCUT2D eigenvalue weighted by Gasteiger charge is 2.21. The lowest BCUT2D eigenvalue weighted by molar-refractivity contribution is -0.143. The van der Waals surface area contributed by atoms with Crippen LogP contribution in [0.1, 0.15) is 32.1 Å². The maximum absolute atomic E-state index is 11.3. The minimum Gasteiger partial charge on any atom is -0.480 e. The molecule has 98 valence electrons. The summed E-state index contributed by atoms with van der Waals surface area (Å²) in [7, 11) is 0. The number of nitrogens with one attached hydrogen (secondary N) is 1. The van der Waals surface area contributed by atoms with Crippen molar-refractivity contribution in [1.82, 2.24) is 5.32 Å². The summed E-state index contributed by atoms with van der Waals surface area (Å²) in [6, 6.07) is -1.24. The summed E-state index contributed by atoms with van der Waals surface area (Å²) >= 11 is 0. The molecule has 0 aliphatic carbocycles. The molecule has 0 aromatic carbocycles. The molecule has 1 atom stereocenters. The van der Waals surface area contributed by atoms with Crippen molar-refractivity contribution in [3.63, 3.8) is 0 Å². The molecule has 0 aliphatic rings. The Morgan fingerprint density at radius 2 is 1.82 bits per heavy atom. The van der Waals surface area contributed by atoms with Crippen molar-refractivity contribution in [3.05, 3.63) is 0 Å². The number of nitrogens with two attached hydrogens (primary N) is 2. The molecule has 0 aromatic rings. The second kappa shape index (κ2) is 8.51. The van der Waals surface area contributed by atoms with Crippen molar-refractivity contribution < 1.29 is 19.5 Å². The molecule has 0 radical (unpaired) electrons. The van der Waals surface area contributed by atoms with Crippen molar-refractivity contribution in [1.29, 1.82) is 0 Å². The second-order valence-electron chi connectivity index (χ2n) is 3.73. The van der Waals surface area contributed by atoms with Crippen LogP contribution in [0.3, 0.4) is 0 Å². The van der Waals surface area contributed by atoms with E-state index in [4.69, 9.17) is 16.6 Å². The van der Waals surface area contributed by atoms with Crippen LogP contribution < -0.4 is 16.8 Å². The molecule has 0 rings (SSSR count). The van der Waals surface area contributed by atoms with Gasteiger partial charge in [-0.2, -0.15) is 0 Å². The number of carboxylic acids is 1. The Balaban J connectivity index is 3.96. The lowest BCUT2D eigenvalue weighted by Crippen LogP contribution is -2.43. The summed E-state index contributed by atoms with van der Waals surface area (Å²) in [5.74, 6) is -2.42. The first-order valence-electron chi connectivity index (χ1n) is 5.48. The highest BCUT2D eigenvalue weighted by Crippen LogP contribution is 2.00. The first kappa shape index (κ1) is 15.4. The quantitative estimate of drug-likeness (QED) is 0.384. The van der Waals surface area contributed by atoms with Crippen LogP contribution in [0, 0.1) is 0 Å². The van der Waals surface area contributed by atoms with Crippen LogP contribution in [0.4, 0.5) is 0 Å². The van der Waals surface area contributed by atoms with Crippen molar-refractivity contribution in [2.45, 2.75) is 38.1 Å². The molecular formula is C10H19N3O4. The van der Waals surface area contributed by atoms with E-state index in [0.29, 0.717) is 13.0 Å². The number of amides is 2. The Labute approximate surface area is 99.5 Å². The van der Waals surface area contributed by atoms with E-state index in [0.717, 1.165) is 12.8 Å². The van der Waals surface area contributed by atoms with Crippen LogP contribution in [-0.4, -0.2) is 35.5 Å². The molecular weight excluding hydrogens is 226 g/mol. The number of unbranched alkanes of at least 4 members (excludes halogenated alkanes) is 2. The van der Waals surface area contributed by atoms with E-state index in [1.54, 1.807) is 0 Å². The largest absolute Gasteiger partial charge is 0.480 e. The molecule has 0 saturated heterocycles. The number of carbonyl (C=O) groups excluding carboxylic acids is 2. The fourth-order valence-corrected chi connectivity index (χ4v) is 1.27. The van der Waals surface area contributed by atoms with Gasteiger partial charge in [0.1, 0.15) is 6.04 Å². The minimum atomic E-state index is -1.26. The molecule has 1 unspecified atom stereocenters. The first-order valence-corrected chi connectivity index (χ1v) is 5.48. The number of rotatable bonds is 9. The van der Waals surface area contributed by atoms with Gasteiger partial charge in [0.05, 0.1) is 6.42 Å². The van der Waals surface area contributed by atoms with Crippen LogP contribution >= 0.6 is 0 Å². The normalized spacial score (nSPS) is 11.8. The average molecular weight is 245 g/mol. The molecule has 7 heteroatoms. The van der Waals surface area contributed by atoms with Gasteiger partial charge in [0, 0.05) is 6.42 Å². The summed E-state index contributed by atoms with van der Waals surface area (Å²) in [5.41, 5.74) is 10.2. The fraction of sp³-hybridized carbons (Fsp3) is 0.700. The van der Waals surface area contributed by atoms with Gasteiger partial charge in [-0.15, -0.1) is 0 Å². The number of aliphatic carboxylic acids is 1. The van der Waals surface area contributed by atoms with Gasteiger partial charge in [-0.3, -0.25) is 9.59 Å². The van der Waals surface area contributed by atoms with E-state index < -0.39 is 30.2 Å². The van der Waals surface area contributed by atoms with E-state index in [1.807, 2.05) is 0 Å². The van der Waals surface area contributed by atoms with Crippen molar-refractivity contribution >= 4 is 17.8 Å². The zero-order chi connectivity index (χ0) is 13.3. The Hall–Kier alpha value is -1.63. The zero-order valence-corrected chi connectivity index (χ0v) is 9.65. The van der Waals surface area contributed by atoms with Gasteiger partial charge in [-0.1, -0.05) is 6.42 Å².